The number of nitrogens with one attached hydrogen (secondary N) is 2. The molecule has 3 heterocycles. The number of carbonyl (C=O) groups is 1. The number of piperazine rings is 1. The second-order valence-corrected chi connectivity index (χ2v) is 8.23. The minimum absolute atomic E-state index is 0.671. The number of likely N-dealkylation sites (N-methyl/N-ethyl adjacent to an activating group) is 1. The molecule has 0 saturated carbocycles. The fourth-order valence-electron chi connectivity index (χ4n) is 2.91. The molecule has 0 spiro atoms. The number of amides is 1. The minimum Gasteiger partial charge on any atom is -0.369 e. The predicted octanol–water partition coefficient (Wildman–Crippen LogP) is 3.33. The molecule has 1 fully saturated rings. The van der Waals surface area contributed by atoms with E-state index in [0.717, 1.165) is 52.6 Å². The molecule has 7 nitrogen and oxygen atoms in total. The summed E-state index contributed by atoms with van der Waals surface area (Å²) in [4.78, 5) is 16.3. The standard InChI is InChI=1S/C18H20N6OS2/c1-23-6-8-24(9-7-23)15-4-2-13(3-5-15)20-18-22-21-17(27-18)16-10-14(11-26-16)19-12-25/h2-5,10-12H,6-9H2,1H3,(H,19,25)(H,20,22). The maximum atomic E-state index is 10.5. The molecule has 1 amide bonds. The van der Waals surface area contributed by atoms with Crippen LogP contribution in [-0.2, 0) is 4.79 Å². The normalized spacial score (nSPS) is 14.9. The number of aromatic nitrogens is 2. The Hall–Kier alpha value is -2.49. The Bertz CT molecular complexity index is 899. The van der Waals surface area contributed by atoms with Crippen LogP contribution in [-0.4, -0.2) is 54.7 Å². The number of anilines is 4. The lowest BCUT2D eigenvalue weighted by Crippen LogP contribution is -2.44. The first-order valence-electron chi connectivity index (χ1n) is 8.64. The van der Waals surface area contributed by atoms with Crippen LogP contribution in [0.25, 0.3) is 9.88 Å². The van der Waals surface area contributed by atoms with E-state index in [0.29, 0.717) is 6.41 Å². The molecule has 0 aliphatic carbocycles. The van der Waals surface area contributed by atoms with Crippen LogP contribution in [0.15, 0.2) is 35.7 Å². The van der Waals surface area contributed by atoms with E-state index in [-0.39, 0.29) is 0 Å². The summed E-state index contributed by atoms with van der Waals surface area (Å²) < 4.78 is 0. The number of hydrogen-bond donors (Lipinski definition) is 2. The van der Waals surface area contributed by atoms with Gasteiger partial charge in [-0.3, -0.25) is 4.79 Å². The Morgan fingerprint density at radius 1 is 1.07 bits per heavy atom. The van der Waals surface area contributed by atoms with Gasteiger partial charge < -0.3 is 20.4 Å². The van der Waals surface area contributed by atoms with Crippen molar-refractivity contribution in [3.63, 3.8) is 0 Å². The van der Waals surface area contributed by atoms with Gasteiger partial charge in [-0.1, -0.05) is 11.3 Å². The van der Waals surface area contributed by atoms with Gasteiger partial charge in [0.2, 0.25) is 11.5 Å². The predicted molar refractivity (Wildman–Crippen MR) is 112 cm³/mol. The van der Waals surface area contributed by atoms with E-state index < -0.39 is 0 Å². The van der Waals surface area contributed by atoms with Crippen molar-refractivity contribution in [3.8, 4) is 9.88 Å². The number of nitrogens with zero attached hydrogens (tertiary/aromatic N) is 4. The molecule has 1 aliphatic heterocycles. The SMILES string of the molecule is CN1CCN(c2ccc(Nc3nnc(-c4cc(NC=O)cs4)s3)cc2)CC1. The maximum Gasteiger partial charge on any atom is 0.211 e. The van der Waals surface area contributed by atoms with Crippen molar-refractivity contribution < 1.29 is 4.79 Å². The summed E-state index contributed by atoms with van der Waals surface area (Å²) in [5.74, 6) is 0. The molecule has 0 radical (unpaired) electrons. The summed E-state index contributed by atoms with van der Waals surface area (Å²) in [5, 5.41) is 17.9. The van der Waals surface area contributed by atoms with Crippen LogP contribution in [0.1, 0.15) is 0 Å². The highest BCUT2D eigenvalue weighted by Gasteiger charge is 2.14. The van der Waals surface area contributed by atoms with Crippen LogP contribution in [0, 0.1) is 0 Å². The zero-order valence-electron chi connectivity index (χ0n) is 14.9. The van der Waals surface area contributed by atoms with Gasteiger partial charge in [-0.25, -0.2) is 0 Å². The van der Waals surface area contributed by atoms with Crippen LogP contribution in [0.5, 0.6) is 0 Å². The van der Waals surface area contributed by atoms with E-state index in [2.05, 4.69) is 61.9 Å². The lowest BCUT2D eigenvalue weighted by Gasteiger charge is -2.34. The molecule has 0 bridgehead atoms. The molecule has 1 aromatic carbocycles. The Labute approximate surface area is 165 Å². The molecule has 4 rings (SSSR count). The van der Waals surface area contributed by atoms with Gasteiger partial charge in [0.05, 0.1) is 10.6 Å². The van der Waals surface area contributed by atoms with Crippen molar-refractivity contribution in [1.82, 2.24) is 15.1 Å². The largest absolute Gasteiger partial charge is 0.369 e. The zero-order chi connectivity index (χ0) is 18.6. The second kappa shape index (κ2) is 8.03. The summed E-state index contributed by atoms with van der Waals surface area (Å²) in [6.45, 7) is 4.32. The lowest BCUT2D eigenvalue weighted by molar-refractivity contribution is -0.105. The van der Waals surface area contributed by atoms with Crippen molar-refractivity contribution in [2.24, 2.45) is 0 Å². The van der Waals surface area contributed by atoms with Gasteiger partial charge in [0.25, 0.3) is 0 Å². The van der Waals surface area contributed by atoms with Crippen LogP contribution in [0.4, 0.5) is 22.2 Å². The number of benzene rings is 1. The minimum atomic E-state index is 0.671. The first kappa shape index (κ1) is 17.9. The van der Waals surface area contributed by atoms with Crippen molar-refractivity contribution in [1.29, 1.82) is 0 Å². The summed E-state index contributed by atoms with van der Waals surface area (Å²) in [6.07, 6.45) is 0.671. The van der Waals surface area contributed by atoms with Gasteiger partial charge in [0, 0.05) is 42.9 Å². The summed E-state index contributed by atoms with van der Waals surface area (Å²) in [7, 11) is 2.16. The summed E-state index contributed by atoms with van der Waals surface area (Å²) in [5.41, 5.74) is 3.01. The monoisotopic (exact) mass is 400 g/mol. The average Bonchev–Trinajstić information content (AvgIpc) is 3.33. The van der Waals surface area contributed by atoms with E-state index in [1.54, 1.807) is 0 Å². The molecule has 0 atom stereocenters. The highest BCUT2D eigenvalue weighted by Crippen LogP contribution is 2.34. The number of carbonyl (C=O) groups excluding carboxylic acids is 1. The highest BCUT2D eigenvalue weighted by molar-refractivity contribution is 7.23. The third kappa shape index (κ3) is 4.26. The van der Waals surface area contributed by atoms with Gasteiger partial charge in [0.1, 0.15) is 0 Å². The molecule has 1 aliphatic rings. The van der Waals surface area contributed by atoms with E-state index >= 15 is 0 Å². The maximum absolute atomic E-state index is 10.5. The topological polar surface area (TPSA) is 73.4 Å². The van der Waals surface area contributed by atoms with Gasteiger partial charge >= 0.3 is 0 Å². The first-order valence-corrected chi connectivity index (χ1v) is 10.3. The fourth-order valence-corrected chi connectivity index (χ4v) is 4.58. The van der Waals surface area contributed by atoms with E-state index in [9.17, 15) is 4.79 Å². The quantitative estimate of drug-likeness (QED) is 0.619. The zero-order valence-corrected chi connectivity index (χ0v) is 16.5. The molecule has 2 N–H and O–H groups in total. The van der Waals surface area contributed by atoms with Crippen LogP contribution < -0.4 is 15.5 Å². The van der Waals surface area contributed by atoms with Crippen molar-refractivity contribution in [2.45, 2.75) is 0 Å². The Morgan fingerprint density at radius 3 is 2.59 bits per heavy atom. The summed E-state index contributed by atoms with van der Waals surface area (Å²) in [6, 6.07) is 10.3. The fraction of sp³-hybridized carbons (Fsp3) is 0.278. The van der Waals surface area contributed by atoms with E-state index in [1.807, 2.05) is 11.4 Å². The highest BCUT2D eigenvalue weighted by atomic mass is 32.1. The molecular weight excluding hydrogens is 380 g/mol. The van der Waals surface area contributed by atoms with Crippen molar-refractivity contribution >= 4 is 51.3 Å². The summed E-state index contributed by atoms with van der Waals surface area (Å²) >= 11 is 3.02. The molecule has 1 saturated heterocycles. The number of thiophene rings is 1. The third-order valence-electron chi connectivity index (χ3n) is 4.45. The molecule has 2 aromatic heterocycles. The molecule has 0 unspecified atom stereocenters. The van der Waals surface area contributed by atoms with Gasteiger partial charge in [0.15, 0.2) is 5.01 Å². The molecule has 9 heteroatoms. The Balaban J connectivity index is 1.40. The van der Waals surface area contributed by atoms with Gasteiger partial charge in [-0.2, -0.15) is 0 Å². The number of hydrogen-bond acceptors (Lipinski definition) is 8. The first-order chi connectivity index (χ1) is 13.2. The molecule has 140 valence electrons. The van der Waals surface area contributed by atoms with Crippen LogP contribution in [0.3, 0.4) is 0 Å². The number of rotatable bonds is 6. The van der Waals surface area contributed by atoms with Crippen LogP contribution in [0.2, 0.25) is 0 Å². The Morgan fingerprint density at radius 2 is 1.85 bits per heavy atom. The van der Waals surface area contributed by atoms with E-state index in [4.69, 9.17) is 0 Å². The third-order valence-corrected chi connectivity index (χ3v) is 6.39. The smallest absolute Gasteiger partial charge is 0.211 e. The average molecular weight is 401 g/mol. The van der Waals surface area contributed by atoms with Crippen LogP contribution >= 0.6 is 22.7 Å². The lowest BCUT2D eigenvalue weighted by atomic mass is 10.2. The van der Waals surface area contributed by atoms with Crippen molar-refractivity contribution in [2.75, 3.05) is 48.8 Å². The second-order valence-electron chi connectivity index (χ2n) is 6.34. The molecule has 27 heavy (non-hydrogen) atoms. The van der Waals surface area contributed by atoms with E-state index in [1.165, 1.54) is 28.4 Å². The molecular formula is C18H20N6OS2. The van der Waals surface area contributed by atoms with Crippen molar-refractivity contribution in [3.05, 3.63) is 35.7 Å². The van der Waals surface area contributed by atoms with Gasteiger partial charge in [-0.05, 0) is 37.4 Å². The van der Waals surface area contributed by atoms with Gasteiger partial charge in [-0.15, -0.1) is 21.5 Å². The Kier molecular flexibility index (Phi) is 5.33. The molecule has 3 aromatic rings.